The van der Waals surface area contributed by atoms with E-state index in [1.165, 1.54) is 5.56 Å². The highest BCUT2D eigenvalue weighted by molar-refractivity contribution is 5.95. The van der Waals surface area contributed by atoms with Gasteiger partial charge in [0.05, 0.1) is 5.69 Å². The van der Waals surface area contributed by atoms with Crippen LogP contribution >= 0.6 is 0 Å². The van der Waals surface area contributed by atoms with Gasteiger partial charge in [0.1, 0.15) is 12.7 Å². The molecule has 1 spiro atoms. The van der Waals surface area contributed by atoms with Gasteiger partial charge in [-0.2, -0.15) is 0 Å². The second-order valence-electron chi connectivity index (χ2n) is 8.47. The van der Waals surface area contributed by atoms with E-state index in [1.807, 2.05) is 54.4 Å². The third-order valence-electron chi connectivity index (χ3n) is 6.30. The Labute approximate surface area is 175 Å². The van der Waals surface area contributed by atoms with Crippen molar-refractivity contribution in [2.24, 2.45) is 0 Å². The van der Waals surface area contributed by atoms with E-state index in [0.29, 0.717) is 12.1 Å². The highest BCUT2D eigenvalue weighted by Crippen LogP contribution is 2.44. The van der Waals surface area contributed by atoms with Crippen LogP contribution in [0, 0.1) is 0 Å². The molecule has 5 rings (SSSR count). The predicted octanol–water partition coefficient (Wildman–Crippen LogP) is 2.24. The number of rotatable bonds is 3. The maximum absolute atomic E-state index is 13.4. The van der Waals surface area contributed by atoms with Crippen LogP contribution < -0.4 is 4.90 Å². The molecule has 3 aromatic rings. The number of nitrogens with zero attached hydrogens (tertiary/aromatic N) is 7. The van der Waals surface area contributed by atoms with Crippen LogP contribution in [0.4, 0.5) is 5.95 Å². The summed E-state index contributed by atoms with van der Waals surface area (Å²) in [6, 6.07) is 7.64. The van der Waals surface area contributed by atoms with Crippen molar-refractivity contribution in [3.63, 3.8) is 0 Å². The number of hydrogen-bond acceptors (Lipinski definition) is 6. The van der Waals surface area contributed by atoms with Crippen molar-refractivity contribution in [1.29, 1.82) is 0 Å². The second kappa shape index (κ2) is 7.19. The van der Waals surface area contributed by atoms with Gasteiger partial charge in [-0.15, -0.1) is 10.2 Å². The molecule has 154 valence electrons. The monoisotopic (exact) mass is 403 g/mol. The summed E-state index contributed by atoms with van der Waals surface area (Å²) in [5, 5.41) is 7.71. The first kappa shape index (κ1) is 18.7. The molecule has 0 radical (unpaired) electrons. The van der Waals surface area contributed by atoms with Gasteiger partial charge in [-0.05, 0) is 49.4 Å². The van der Waals surface area contributed by atoms with Crippen LogP contribution in [0.5, 0.6) is 0 Å². The van der Waals surface area contributed by atoms with Crippen LogP contribution in [0.1, 0.15) is 40.9 Å². The van der Waals surface area contributed by atoms with E-state index in [2.05, 4.69) is 15.2 Å². The standard InChI is InChI=1S/C22H25N7O/c1-27(2)21-23-12-17-7-9-22(19(17)26-21)8-4-10-28(13-22)20(30)16-5-3-6-18(11-16)29-14-24-25-15-29/h3,5-6,11-12,14-15H,4,7-10,13H2,1-2H3. The lowest BCUT2D eigenvalue weighted by Crippen LogP contribution is -2.48. The highest BCUT2D eigenvalue weighted by atomic mass is 16.2. The number of aryl methyl sites for hydroxylation is 1. The summed E-state index contributed by atoms with van der Waals surface area (Å²) in [7, 11) is 3.92. The maximum Gasteiger partial charge on any atom is 0.253 e. The maximum atomic E-state index is 13.4. The van der Waals surface area contributed by atoms with Gasteiger partial charge in [-0.1, -0.05) is 6.07 Å². The number of aromatic nitrogens is 5. The molecule has 0 N–H and O–H groups in total. The number of amides is 1. The zero-order chi connectivity index (χ0) is 20.7. The molecule has 2 aliphatic rings. The molecule has 8 heteroatoms. The lowest BCUT2D eigenvalue weighted by atomic mass is 9.77. The fourth-order valence-electron chi connectivity index (χ4n) is 4.77. The molecule has 1 aliphatic heterocycles. The van der Waals surface area contributed by atoms with E-state index in [-0.39, 0.29) is 11.3 Å². The van der Waals surface area contributed by atoms with E-state index < -0.39 is 0 Å². The van der Waals surface area contributed by atoms with Gasteiger partial charge in [0, 0.05) is 50.0 Å². The largest absolute Gasteiger partial charge is 0.347 e. The van der Waals surface area contributed by atoms with Crippen LogP contribution in [0.3, 0.4) is 0 Å². The molecular formula is C22H25N7O. The normalized spacial score (nSPS) is 20.4. The van der Waals surface area contributed by atoms with E-state index >= 15 is 0 Å². The zero-order valence-corrected chi connectivity index (χ0v) is 17.3. The summed E-state index contributed by atoms with van der Waals surface area (Å²) in [5.41, 5.74) is 3.87. The number of likely N-dealkylation sites (tertiary alicyclic amines) is 1. The predicted molar refractivity (Wildman–Crippen MR) is 113 cm³/mol. The molecular weight excluding hydrogens is 378 g/mol. The van der Waals surface area contributed by atoms with Crippen LogP contribution in [-0.2, 0) is 11.8 Å². The van der Waals surface area contributed by atoms with Gasteiger partial charge in [0.2, 0.25) is 5.95 Å². The Bertz CT molecular complexity index is 1070. The molecule has 1 unspecified atom stereocenters. The van der Waals surface area contributed by atoms with Crippen LogP contribution in [0.2, 0.25) is 0 Å². The SMILES string of the molecule is CN(C)c1ncc2c(n1)C1(CCCN(C(=O)c3cccc(-n4cnnc4)c3)C1)CC2. The quantitative estimate of drug-likeness (QED) is 0.667. The van der Waals surface area contributed by atoms with Gasteiger partial charge in [-0.3, -0.25) is 9.36 Å². The Morgan fingerprint density at radius 2 is 2.00 bits per heavy atom. The van der Waals surface area contributed by atoms with Crippen molar-refractivity contribution >= 4 is 11.9 Å². The molecule has 3 heterocycles. The van der Waals surface area contributed by atoms with Gasteiger partial charge < -0.3 is 9.80 Å². The Hall–Kier alpha value is -3.29. The summed E-state index contributed by atoms with van der Waals surface area (Å²) < 4.78 is 1.81. The fourth-order valence-corrected chi connectivity index (χ4v) is 4.77. The van der Waals surface area contributed by atoms with Crippen molar-refractivity contribution in [2.75, 3.05) is 32.1 Å². The number of anilines is 1. The van der Waals surface area contributed by atoms with Gasteiger partial charge in [0.25, 0.3) is 5.91 Å². The minimum Gasteiger partial charge on any atom is -0.347 e. The molecule has 8 nitrogen and oxygen atoms in total. The Morgan fingerprint density at radius 3 is 2.80 bits per heavy atom. The summed E-state index contributed by atoms with van der Waals surface area (Å²) >= 11 is 0. The lowest BCUT2D eigenvalue weighted by Gasteiger charge is -2.40. The lowest BCUT2D eigenvalue weighted by molar-refractivity contribution is 0.0633. The number of fused-ring (bicyclic) bond motifs is 2. The average molecular weight is 403 g/mol. The number of benzene rings is 1. The van der Waals surface area contributed by atoms with Crippen molar-refractivity contribution in [3.8, 4) is 5.69 Å². The highest BCUT2D eigenvalue weighted by Gasteiger charge is 2.45. The summed E-state index contributed by atoms with van der Waals surface area (Å²) in [6.07, 6.45) is 9.29. The molecule has 1 saturated heterocycles. The first-order valence-electron chi connectivity index (χ1n) is 10.3. The minimum absolute atomic E-state index is 0.0666. The third kappa shape index (κ3) is 3.12. The fraction of sp³-hybridized carbons (Fsp3) is 0.409. The number of carbonyl (C=O) groups is 1. The smallest absolute Gasteiger partial charge is 0.253 e. The number of carbonyl (C=O) groups excluding carboxylic acids is 1. The van der Waals surface area contributed by atoms with E-state index in [1.54, 1.807) is 17.2 Å². The molecule has 2 aromatic heterocycles. The Morgan fingerprint density at radius 1 is 1.17 bits per heavy atom. The van der Waals surface area contributed by atoms with Crippen molar-refractivity contribution in [3.05, 3.63) is 59.9 Å². The van der Waals surface area contributed by atoms with Crippen LogP contribution in [-0.4, -0.2) is 62.7 Å². The first-order chi connectivity index (χ1) is 14.6. The van der Waals surface area contributed by atoms with Crippen molar-refractivity contribution in [1.82, 2.24) is 29.6 Å². The summed E-state index contributed by atoms with van der Waals surface area (Å²) in [4.78, 5) is 26.7. The molecule has 1 aromatic carbocycles. The Kier molecular flexibility index (Phi) is 4.49. The molecule has 1 amide bonds. The second-order valence-corrected chi connectivity index (χ2v) is 8.47. The zero-order valence-electron chi connectivity index (χ0n) is 17.3. The molecule has 1 fully saturated rings. The minimum atomic E-state index is -0.0666. The number of piperidine rings is 1. The van der Waals surface area contributed by atoms with Gasteiger partial charge in [0.15, 0.2) is 0 Å². The van der Waals surface area contributed by atoms with Gasteiger partial charge >= 0.3 is 0 Å². The molecule has 1 atom stereocenters. The van der Waals surface area contributed by atoms with E-state index in [0.717, 1.165) is 49.6 Å². The molecule has 30 heavy (non-hydrogen) atoms. The van der Waals surface area contributed by atoms with E-state index in [4.69, 9.17) is 4.98 Å². The van der Waals surface area contributed by atoms with Crippen LogP contribution in [0.15, 0.2) is 43.1 Å². The van der Waals surface area contributed by atoms with E-state index in [9.17, 15) is 4.79 Å². The summed E-state index contributed by atoms with van der Waals surface area (Å²) in [6.45, 7) is 1.48. The molecule has 0 saturated carbocycles. The average Bonchev–Trinajstić information content (AvgIpc) is 3.43. The van der Waals surface area contributed by atoms with Crippen molar-refractivity contribution in [2.45, 2.75) is 31.1 Å². The summed E-state index contributed by atoms with van der Waals surface area (Å²) in [5.74, 6) is 0.805. The van der Waals surface area contributed by atoms with Crippen molar-refractivity contribution < 1.29 is 4.79 Å². The molecule has 1 aliphatic carbocycles. The third-order valence-corrected chi connectivity index (χ3v) is 6.30. The number of hydrogen-bond donors (Lipinski definition) is 0. The van der Waals surface area contributed by atoms with Crippen LogP contribution in [0.25, 0.3) is 5.69 Å². The first-order valence-corrected chi connectivity index (χ1v) is 10.3. The molecule has 0 bridgehead atoms. The Balaban J connectivity index is 1.43. The topological polar surface area (TPSA) is 80.0 Å². The van der Waals surface area contributed by atoms with Gasteiger partial charge in [-0.25, -0.2) is 9.97 Å².